The summed E-state index contributed by atoms with van der Waals surface area (Å²) in [5, 5.41) is 6.39. The van der Waals surface area contributed by atoms with Gasteiger partial charge < -0.3 is 14.8 Å². The predicted molar refractivity (Wildman–Crippen MR) is 74.5 cm³/mol. The van der Waals surface area contributed by atoms with Crippen LogP contribution in [-0.4, -0.2) is 40.0 Å². The highest BCUT2D eigenvalue weighted by molar-refractivity contribution is 5.29. The molecule has 1 rings (SSSR count). The van der Waals surface area contributed by atoms with Gasteiger partial charge in [-0.05, 0) is 30.3 Å². The van der Waals surface area contributed by atoms with E-state index in [4.69, 9.17) is 15.0 Å². The second-order valence-electron chi connectivity index (χ2n) is 4.10. The van der Waals surface area contributed by atoms with Crippen molar-refractivity contribution in [3.63, 3.8) is 0 Å². The molecular weight excluding hydrogens is 263 g/mol. The van der Waals surface area contributed by atoms with E-state index in [-0.39, 0.29) is 0 Å². The number of nitrogens with one attached hydrogen (secondary N) is 1. The first-order valence-corrected chi connectivity index (χ1v) is 6.27. The topological polar surface area (TPSA) is 79.2 Å². The third-order valence-corrected chi connectivity index (χ3v) is 2.79. The first-order valence-electron chi connectivity index (χ1n) is 6.27. The molecule has 0 aliphatic rings. The number of azide groups is 1. The van der Waals surface area contributed by atoms with Crippen LogP contribution >= 0.6 is 0 Å². The van der Waals surface area contributed by atoms with Crippen LogP contribution < -0.4 is 10.1 Å². The molecular formula is C13H19FN4O2. The minimum Gasteiger partial charge on any atom is -0.492 e. The largest absolute Gasteiger partial charge is 0.492 e. The van der Waals surface area contributed by atoms with Crippen molar-refractivity contribution < 1.29 is 13.9 Å². The molecule has 2 atom stereocenters. The van der Waals surface area contributed by atoms with Gasteiger partial charge in [0.2, 0.25) is 0 Å². The molecule has 0 heterocycles. The average molecular weight is 282 g/mol. The molecule has 110 valence electrons. The molecule has 0 amide bonds. The maximum absolute atomic E-state index is 12.9. The normalized spacial score (nSPS) is 13.3. The molecule has 0 saturated heterocycles. The van der Waals surface area contributed by atoms with E-state index in [0.29, 0.717) is 6.61 Å². The Hall–Kier alpha value is -1.82. The van der Waals surface area contributed by atoms with Crippen LogP contribution in [0.25, 0.3) is 10.4 Å². The lowest BCUT2D eigenvalue weighted by molar-refractivity contribution is 0.0721. The Morgan fingerprint density at radius 1 is 1.40 bits per heavy atom. The van der Waals surface area contributed by atoms with Crippen LogP contribution in [0.15, 0.2) is 29.4 Å². The predicted octanol–water partition coefficient (Wildman–Crippen LogP) is 2.62. The zero-order chi connectivity index (χ0) is 14.8. The van der Waals surface area contributed by atoms with Crippen LogP contribution in [0, 0.1) is 0 Å². The van der Waals surface area contributed by atoms with Crippen molar-refractivity contribution in [2.24, 2.45) is 5.11 Å². The Kier molecular flexibility index (Phi) is 7.42. The van der Waals surface area contributed by atoms with Gasteiger partial charge in [-0.15, -0.1) is 0 Å². The highest BCUT2D eigenvalue weighted by atomic mass is 19.1. The van der Waals surface area contributed by atoms with E-state index in [9.17, 15) is 4.39 Å². The van der Waals surface area contributed by atoms with E-state index in [1.165, 1.54) is 7.11 Å². The van der Waals surface area contributed by atoms with Gasteiger partial charge >= 0.3 is 0 Å². The summed E-state index contributed by atoms with van der Waals surface area (Å²) in [5.41, 5.74) is 9.17. The number of benzene rings is 1. The molecule has 0 aliphatic heterocycles. The lowest BCUT2D eigenvalue weighted by Crippen LogP contribution is -2.20. The number of halogens is 1. The summed E-state index contributed by atoms with van der Waals surface area (Å²) >= 11 is 0. The molecule has 1 N–H and O–H groups in total. The van der Waals surface area contributed by atoms with Crippen molar-refractivity contribution in [3.8, 4) is 5.75 Å². The van der Waals surface area contributed by atoms with Crippen LogP contribution in [-0.2, 0) is 4.74 Å². The number of likely N-dealkylation sites (N-methyl/N-ethyl adjacent to an activating group) is 1. The average Bonchev–Trinajstić information content (AvgIpc) is 2.49. The van der Waals surface area contributed by atoms with Crippen LogP contribution in [0.5, 0.6) is 5.75 Å². The minimum absolute atomic E-state index is 0.565. The molecule has 1 aromatic carbocycles. The van der Waals surface area contributed by atoms with Crippen LogP contribution in [0.2, 0.25) is 0 Å². The standard InChI is InChI=1S/C13H19FN4O2/c1-16-7-8-20-11-5-3-10(4-6-11)13(19-2)12(9-14)17-18-15/h3-6,12-13,16H,7-9H2,1-2H3/t12-,13-/m1/s1. The van der Waals surface area contributed by atoms with E-state index in [2.05, 4.69) is 15.3 Å². The Labute approximate surface area is 117 Å². The SMILES string of the molecule is CNCCOc1ccc([C@@H](OC)[C@@H](CF)N=[N+]=[N-])cc1. The number of nitrogens with zero attached hydrogens (tertiary/aromatic N) is 3. The zero-order valence-electron chi connectivity index (χ0n) is 11.6. The van der Waals surface area contributed by atoms with Crippen molar-refractivity contribution in [3.05, 3.63) is 40.3 Å². The van der Waals surface area contributed by atoms with Crippen molar-refractivity contribution in [2.75, 3.05) is 34.0 Å². The molecule has 6 nitrogen and oxygen atoms in total. The molecule has 1 aromatic rings. The molecule has 0 aromatic heterocycles. The molecule has 7 heteroatoms. The van der Waals surface area contributed by atoms with E-state index in [1.807, 2.05) is 7.05 Å². The number of alkyl halides is 1. The summed E-state index contributed by atoms with van der Waals surface area (Å²) in [6.45, 7) is 0.543. The zero-order valence-corrected chi connectivity index (χ0v) is 11.6. The quantitative estimate of drug-likeness (QED) is 0.327. The van der Waals surface area contributed by atoms with Gasteiger partial charge in [-0.2, -0.15) is 0 Å². The summed E-state index contributed by atoms with van der Waals surface area (Å²) in [4.78, 5) is 2.64. The summed E-state index contributed by atoms with van der Waals surface area (Å²) in [7, 11) is 3.31. The smallest absolute Gasteiger partial charge is 0.119 e. The second-order valence-corrected chi connectivity index (χ2v) is 4.10. The molecule has 0 fully saturated rings. The van der Waals surface area contributed by atoms with Gasteiger partial charge in [0.05, 0.1) is 12.1 Å². The Morgan fingerprint density at radius 2 is 2.10 bits per heavy atom. The molecule has 20 heavy (non-hydrogen) atoms. The highest BCUT2D eigenvalue weighted by Gasteiger charge is 2.22. The van der Waals surface area contributed by atoms with Gasteiger partial charge in [0, 0.05) is 18.6 Å². The van der Waals surface area contributed by atoms with Gasteiger partial charge in [0.1, 0.15) is 19.0 Å². The fourth-order valence-electron chi connectivity index (χ4n) is 1.78. The fraction of sp³-hybridized carbons (Fsp3) is 0.538. The molecule has 0 aliphatic carbocycles. The van der Waals surface area contributed by atoms with Gasteiger partial charge in [0.25, 0.3) is 0 Å². The summed E-state index contributed by atoms with van der Waals surface area (Å²) in [6.07, 6.45) is -0.609. The molecule has 0 unspecified atom stereocenters. The van der Waals surface area contributed by atoms with Crippen molar-refractivity contribution in [2.45, 2.75) is 12.1 Å². The molecule has 0 radical (unpaired) electrons. The Morgan fingerprint density at radius 3 is 2.60 bits per heavy atom. The monoisotopic (exact) mass is 282 g/mol. The maximum atomic E-state index is 12.9. The fourth-order valence-corrected chi connectivity index (χ4v) is 1.78. The first kappa shape index (κ1) is 16.2. The summed E-state index contributed by atoms with van der Waals surface area (Å²) in [5.74, 6) is 0.722. The Balaban J connectivity index is 2.76. The van der Waals surface area contributed by atoms with Crippen molar-refractivity contribution in [1.82, 2.24) is 5.32 Å². The van der Waals surface area contributed by atoms with E-state index < -0.39 is 18.8 Å². The van der Waals surface area contributed by atoms with Crippen molar-refractivity contribution >= 4 is 0 Å². The van der Waals surface area contributed by atoms with Crippen LogP contribution in [0.1, 0.15) is 11.7 Å². The minimum atomic E-state index is -0.874. The van der Waals surface area contributed by atoms with Gasteiger partial charge in [-0.25, -0.2) is 0 Å². The third kappa shape index (κ3) is 4.70. The summed E-state index contributed by atoms with van der Waals surface area (Å²) in [6, 6.07) is 6.24. The van der Waals surface area contributed by atoms with Gasteiger partial charge in [-0.1, -0.05) is 17.2 Å². The number of methoxy groups -OCH3 is 1. The maximum Gasteiger partial charge on any atom is 0.119 e. The van der Waals surface area contributed by atoms with Crippen molar-refractivity contribution in [1.29, 1.82) is 0 Å². The highest BCUT2D eigenvalue weighted by Crippen LogP contribution is 2.25. The lowest BCUT2D eigenvalue weighted by Gasteiger charge is -2.20. The van der Waals surface area contributed by atoms with E-state index >= 15 is 0 Å². The van der Waals surface area contributed by atoms with Gasteiger partial charge in [0.15, 0.2) is 0 Å². The second kappa shape index (κ2) is 9.14. The first-order chi connectivity index (χ1) is 9.76. The van der Waals surface area contributed by atoms with Crippen LogP contribution in [0.4, 0.5) is 4.39 Å². The molecule has 0 bridgehead atoms. The number of rotatable bonds is 9. The number of hydrogen-bond acceptors (Lipinski definition) is 4. The number of hydrogen-bond donors (Lipinski definition) is 1. The number of ether oxygens (including phenoxy) is 2. The molecule has 0 saturated carbocycles. The molecule has 0 spiro atoms. The summed E-state index contributed by atoms with van der Waals surface area (Å²) < 4.78 is 23.6. The van der Waals surface area contributed by atoms with Crippen LogP contribution in [0.3, 0.4) is 0 Å². The third-order valence-electron chi connectivity index (χ3n) is 2.79. The van der Waals surface area contributed by atoms with E-state index in [1.54, 1.807) is 24.3 Å². The Bertz CT molecular complexity index is 435. The van der Waals surface area contributed by atoms with Gasteiger partial charge in [-0.3, -0.25) is 4.39 Å². The van der Waals surface area contributed by atoms with E-state index in [0.717, 1.165) is 17.9 Å². The lowest BCUT2D eigenvalue weighted by atomic mass is 10.0.